The highest BCUT2D eigenvalue weighted by Crippen LogP contribution is 2.06. The molecule has 0 aliphatic rings. The average molecular weight is 245 g/mol. The zero-order valence-electron chi connectivity index (χ0n) is 10.2. The van der Waals surface area contributed by atoms with Gasteiger partial charge in [0.25, 0.3) is 0 Å². The largest absolute Gasteiger partial charge is 0.310 e. The zero-order chi connectivity index (χ0) is 12.4. The molecule has 0 fully saturated rings. The van der Waals surface area contributed by atoms with Gasteiger partial charge in [-0.2, -0.15) is 5.10 Å². The third-order valence-corrected chi connectivity index (χ3v) is 3.10. The fourth-order valence-corrected chi connectivity index (χ4v) is 1.76. The molecule has 6 heteroatoms. The quantitative estimate of drug-likeness (QED) is 0.847. The van der Waals surface area contributed by atoms with Crippen LogP contribution in [0.2, 0.25) is 0 Å². The standard InChI is InChI=1S/C10H19N3O2S/c1-10(2,3)11-5-6-13-8-9(7-12-13)16(4,14)15/h7-8,11H,5-6H2,1-4H3. The second-order valence-electron chi connectivity index (χ2n) is 4.89. The van der Waals surface area contributed by atoms with Gasteiger partial charge in [-0.25, -0.2) is 8.42 Å². The van der Waals surface area contributed by atoms with Gasteiger partial charge >= 0.3 is 0 Å². The van der Waals surface area contributed by atoms with Crippen LogP contribution in [-0.4, -0.2) is 36.5 Å². The molecule has 1 aromatic rings. The Balaban J connectivity index is 2.54. The van der Waals surface area contributed by atoms with Gasteiger partial charge in [0.1, 0.15) is 4.90 Å². The molecule has 0 saturated carbocycles. The van der Waals surface area contributed by atoms with Crippen molar-refractivity contribution in [2.45, 2.75) is 37.8 Å². The zero-order valence-corrected chi connectivity index (χ0v) is 11.0. The summed E-state index contributed by atoms with van der Waals surface area (Å²) < 4.78 is 24.1. The molecule has 0 aliphatic heterocycles. The third-order valence-electron chi connectivity index (χ3n) is 2.03. The van der Waals surface area contributed by atoms with Crippen molar-refractivity contribution in [3.8, 4) is 0 Å². The van der Waals surface area contributed by atoms with Crippen LogP contribution in [0.15, 0.2) is 17.3 Å². The molecule has 92 valence electrons. The Hall–Kier alpha value is -0.880. The summed E-state index contributed by atoms with van der Waals surface area (Å²) in [7, 11) is -3.14. The maximum absolute atomic E-state index is 11.2. The van der Waals surface area contributed by atoms with Gasteiger partial charge in [0.15, 0.2) is 9.84 Å². The van der Waals surface area contributed by atoms with Crippen molar-refractivity contribution in [3.63, 3.8) is 0 Å². The number of hydrogen-bond acceptors (Lipinski definition) is 4. The number of rotatable bonds is 4. The van der Waals surface area contributed by atoms with Crippen LogP contribution in [0.4, 0.5) is 0 Å². The van der Waals surface area contributed by atoms with Crippen LogP contribution in [0, 0.1) is 0 Å². The van der Waals surface area contributed by atoms with Crippen molar-refractivity contribution in [1.29, 1.82) is 0 Å². The van der Waals surface area contributed by atoms with Gasteiger partial charge in [-0.1, -0.05) is 0 Å². The van der Waals surface area contributed by atoms with Gasteiger partial charge in [-0.15, -0.1) is 0 Å². The van der Waals surface area contributed by atoms with Crippen molar-refractivity contribution in [2.75, 3.05) is 12.8 Å². The van der Waals surface area contributed by atoms with E-state index < -0.39 is 9.84 Å². The minimum atomic E-state index is -3.14. The molecule has 1 rings (SSSR count). The number of nitrogens with zero attached hydrogens (tertiary/aromatic N) is 2. The van der Waals surface area contributed by atoms with Crippen molar-refractivity contribution < 1.29 is 8.42 Å². The minimum Gasteiger partial charge on any atom is -0.310 e. The van der Waals surface area contributed by atoms with Gasteiger partial charge in [0, 0.05) is 24.5 Å². The van der Waals surface area contributed by atoms with E-state index in [0.29, 0.717) is 6.54 Å². The lowest BCUT2D eigenvalue weighted by Gasteiger charge is -2.20. The molecule has 16 heavy (non-hydrogen) atoms. The Labute approximate surface area is 96.8 Å². The molecule has 0 aliphatic carbocycles. The van der Waals surface area contributed by atoms with E-state index in [1.54, 1.807) is 10.9 Å². The van der Waals surface area contributed by atoms with Crippen molar-refractivity contribution in [3.05, 3.63) is 12.4 Å². The monoisotopic (exact) mass is 245 g/mol. The summed E-state index contributed by atoms with van der Waals surface area (Å²) >= 11 is 0. The molecule has 0 amide bonds. The van der Waals surface area contributed by atoms with Crippen LogP contribution in [-0.2, 0) is 16.4 Å². The summed E-state index contributed by atoms with van der Waals surface area (Å²) in [5.41, 5.74) is 0.0623. The van der Waals surface area contributed by atoms with E-state index in [-0.39, 0.29) is 10.4 Å². The molecular formula is C10H19N3O2S. The first-order valence-corrected chi connectivity index (χ1v) is 7.05. The van der Waals surface area contributed by atoms with Gasteiger partial charge < -0.3 is 5.32 Å². The van der Waals surface area contributed by atoms with E-state index in [2.05, 4.69) is 31.2 Å². The number of hydrogen-bond donors (Lipinski definition) is 1. The summed E-state index contributed by atoms with van der Waals surface area (Å²) in [6.45, 7) is 7.66. The Morgan fingerprint density at radius 1 is 1.44 bits per heavy atom. The molecule has 1 N–H and O–H groups in total. The highest BCUT2D eigenvalue weighted by atomic mass is 32.2. The summed E-state index contributed by atoms with van der Waals surface area (Å²) in [5.74, 6) is 0. The highest BCUT2D eigenvalue weighted by molar-refractivity contribution is 7.90. The first kappa shape index (κ1) is 13.2. The van der Waals surface area contributed by atoms with Crippen molar-refractivity contribution >= 4 is 9.84 Å². The fourth-order valence-electron chi connectivity index (χ4n) is 1.20. The number of sulfone groups is 1. The lowest BCUT2D eigenvalue weighted by molar-refractivity contribution is 0.405. The van der Waals surface area contributed by atoms with E-state index in [0.717, 1.165) is 6.54 Å². The average Bonchev–Trinajstić information content (AvgIpc) is 2.49. The maximum Gasteiger partial charge on any atom is 0.178 e. The van der Waals surface area contributed by atoms with Crippen LogP contribution >= 0.6 is 0 Å². The van der Waals surface area contributed by atoms with E-state index >= 15 is 0 Å². The van der Waals surface area contributed by atoms with Gasteiger partial charge in [-0.05, 0) is 20.8 Å². The number of aromatic nitrogens is 2. The van der Waals surface area contributed by atoms with Crippen LogP contribution < -0.4 is 5.32 Å². The predicted molar refractivity (Wildman–Crippen MR) is 63.1 cm³/mol. The normalized spacial score (nSPS) is 13.0. The van der Waals surface area contributed by atoms with Gasteiger partial charge in [-0.3, -0.25) is 4.68 Å². The molecule has 1 aromatic heterocycles. The maximum atomic E-state index is 11.2. The molecule has 0 spiro atoms. The summed E-state index contributed by atoms with van der Waals surface area (Å²) in [6.07, 6.45) is 4.12. The molecule has 0 saturated heterocycles. The molecule has 0 atom stereocenters. The summed E-state index contributed by atoms with van der Waals surface area (Å²) in [5, 5.41) is 7.31. The first-order valence-electron chi connectivity index (χ1n) is 5.16. The third kappa shape index (κ3) is 4.32. The highest BCUT2D eigenvalue weighted by Gasteiger charge is 2.11. The van der Waals surface area contributed by atoms with Crippen molar-refractivity contribution in [1.82, 2.24) is 15.1 Å². The van der Waals surface area contributed by atoms with Crippen LogP contribution in [0.5, 0.6) is 0 Å². The summed E-state index contributed by atoms with van der Waals surface area (Å²) in [6, 6.07) is 0. The second-order valence-corrected chi connectivity index (χ2v) is 6.90. The van der Waals surface area contributed by atoms with Crippen molar-refractivity contribution in [2.24, 2.45) is 0 Å². The first-order chi connectivity index (χ1) is 7.18. The molecule has 0 unspecified atom stereocenters. The molecule has 0 radical (unpaired) electrons. The van der Waals surface area contributed by atoms with Crippen LogP contribution in [0.1, 0.15) is 20.8 Å². The van der Waals surface area contributed by atoms with Crippen LogP contribution in [0.25, 0.3) is 0 Å². The Bertz CT molecular complexity index is 443. The molecule has 5 nitrogen and oxygen atoms in total. The lowest BCUT2D eigenvalue weighted by Crippen LogP contribution is -2.37. The van der Waals surface area contributed by atoms with Gasteiger partial charge in [0.2, 0.25) is 0 Å². The smallest absolute Gasteiger partial charge is 0.178 e. The molecule has 0 bridgehead atoms. The van der Waals surface area contributed by atoms with E-state index in [9.17, 15) is 8.42 Å². The molecular weight excluding hydrogens is 226 g/mol. The SMILES string of the molecule is CC(C)(C)NCCn1cc(S(C)(=O)=O)cn1. The molecule has 0 aromatic carbocycles. The number of nitrogens with one attached hydrogen (secondary N) is 1. The lowest BCUT2D eigenvalue weighted by atomic mass is 10.1. The topological polar surface area (TPSA) is 64.0 Å². The minimum absolute atomic E-state index is 0.0623. The van der Waals surface area contributed by atoms with E-state index in [4.69, 9.17) is 0 Å². The van der Waals surface area contributed by atoms with E-state index in [1.807, 2.05) is 0 Å². The Kier molecular flexibility index (Phi) is 3.75. The summed E-state index contributed by atoms with van der Waals surface area (Å²) in [4.78, 5) is 0.267. The Morgan fingerprint density at radius 3 is 2.50 bits per heavy atom. The Morgan fingerprint density at radius 2 is 2.06 bits per heavy atom. The van der Waals surface area contributed by atoms with Gasteiger partial charge in [0.05, 0.1) is 12.7 Å². The second kappa shape index (κ2) is 4.55. The van der Waals surface area contributed by atoms with Crippen LogP contribution in [0.3, 0.4) is 0 Å². The predicted octanol–water partition coefficient (Wildman–Crippen LogP) is 0.675. The van der Waals surface area contributed by atoms with E-state index in [1.165, 1.54) is 12.5 Å². The molecule has 1 heterocycles. The fraction of sp³-hybridized carbons (Fsp3) is 0.700.